The predicted octanol–water partition coefficient (Wildman–Crippen LogP) is 3.80. The molecule has 2 heterocycles. The van der Waals surface area contributed by atoms with E-state index < -0.39 is 5.91 Å². The molecular weight excluding hydrogens is 494 g/mol. The number of ether oxygens (including phenoxy) is 2. The number of aryl methyl sites for hydroxylation is 1. The van der Waals surface area contributed by atoms with Crippen LogP contribution in [0.4, 0.5) is 8.78 Å². The Labute approximate surface area is 221 Å². The molecule has 1 saturated heterocycles. The van der Waals surface area contributed by atoms with E-state index in [1.807, 2.05) is 7.05 Å². The highest BCUT2D eigenvalue weighted by atomic mass is 19.1. The first-order valence-corrected chi connectivity index (χ1v) is 12.1. The van der Waals surface area contributed by atoms with Crippen LogP contribution in [0.15, 0.2) is 60.8 Å². The Morgan fingerprint density at radius 1 is 1.00 bits per heavy atom. The van der Waals surface area contributed by atoms with E-state index in [0.29, 0.717) is 31.0 Å². The van der Waals surface area contributed by atoms with E-state index in [9.17, 15) is 18.4 Å². The Hall–Kier alpha value is -3.89. The molecular formula is C28H32F2N4O4. The van der Waals surface area contributed by atoms with Crippen molar-refractivity contribution in [2.45, 2.75) is 13.5 Å². The number of likely N-dealkylation sites (N-methyl/N-ethyl adjacent to an activating group) is 1. The van der Waals surface area contributed by atoms with Gasteiger partial charge < -0.3 is 24.6 Å². The van der Waals surface area contributed by atoms with Crippen LogP contribution < -0.4 is 10.1 Å². The average Bonchev–Trinajstić information content (AvgIpc) is 2.91. The number of methoxy groups -OCH3 is 1. The molecule has 1 aliphatic heterocycles. The van der Waals surface area contributed by atoms with Crippen molar-refractivity contribution in [2.75, 3.05) is 46.9 Å². The quantitative estimate of drug-likeness (QED) is 0.504. The summed E-state index contributed by atoms with van der Waals surface area (Å²) >= 11 is 0. The molecule has 0 spiro atoms. The number of rotatable bonds is 7. The van der Waals surface area contributed by atoms with Gasteiger partial charge in [-0.1, -0.05) is 12.1 Å². The third kappa shape index (κ3) is 8.60. The van der Waals surface area contributed by atoms with Crippen LogP contribution >= 0.6 is 0 Å². The highest BCUT2D eigenvalue weighted by molar-refractivity contribution is 5.98. The fourth-order valence-electron chi connectivity index (χ4n) is 3.64. The summed E-state index contributed by atoms with van der Waals surface area (Å²) in [5, 5.41) is 2.63. The molecule has 8 nitrogen and oxygen atoms in total. The minimum atomic E-state index is -0.453. The summed E-state index contributed by atoms with van der Waals surface area (Å²) in [6.45, 7) is 5.09. The number of pyridine rings is 1. The largest absolute Gasteiger partial charge is 0.438 e. The zero-order valence-electron chi connectivity index (χ0n) is 21.7. The van der Waals surface area contributed by atoms with Gasteiger partial charge in [0.25, 0.3) is 5.91 Å². The molecule has 2 aromatic carbocycles. The lowest BCUT2D eigenvalue weighted by molar-refractivity contribution is -0.131. The van der Waals surface area contributed by atoms with Gasteiger partial charge >= 0.3 is 0 Å². The van der Waals surface area contributed by atoms with E-state index >= 15 is 0 Å². The van der Waals surface area contributed by atoms with Crippen LogP contribution in [0.1, 0.15) is 21.5 Å². The number of benzene rings is 2. The average molecular weight is 527 g/mol. The number of hydrogen-bond acceptors (Lipinski definition) is 6. The first-order chi connectivity index (χ1) is 18.3. The Morgan fingerprint density at radius 2 is 1.68 bits per heavy atom. The van der Waals surface area contributed by atoms with Gasteiger partial charge in [-0.25, -0.2) is 13.8 Å². The van der Waals surface area contributed by atoms with Gasteiger partial charge in [0.05, 0.1) is 13.2 Å². The maximum absolute atomic E-state index is 13.3. The second kappa shape index (κ2) is 14.2. The van der Waals surface area contributed by atoms with Crippen LogP contribution in [-0.4, -0.2) is 73.5 Å². The summed E-state index contributed by atoms with van der Waals surface area (Å²) in [6, 6.07) is 13.5. The van der Waals surface area contributed by atoms with E-state index in [4.69, 9.17) is 9.47 Å². The molecule has 1 N–H and O–H groups in total. The number of carbonyl (C=O) groups is 2. The number of nitrogens with zero attached hydrogens (tertiary/aromatic N) is 3. The number of hydrogen-bond donors (Lipinski definition) is 1. The van der Waals surface area contributed by atoms with E-state index in [2.05, 4.69) is 15.2 Å². The van der Waals surface area contributed by atoms with Crippen molar-refractivity contribution in [2.24, 2.45) is 0 Å². The number of amides is 2. The van der Waals surface area contributed by atoms with Crippen LogP contribution in [0.5, 0.6) is 11.6 Å². The second-order valence-corrected chi connectivity index (χ2v) is 8.79. The molecule has 1 aromatic heterocycles. The van der Waals surface area contributed by atoms with Gasteiger partial charge in [-0.3, -0.25) is 9.59 Å². The fraction of sp³-hybridized carbons (Fsp3) is 0.321. The first-order valence-electron chi connectivity index (χ1n) is 12.1. The lowest BCUT2D eigenvalue weighted by atomic mass is 10.2. The summed E-state index contributed by atoms with van der Waals surface area (Å²) < 4.78 is 36.1. The van der Waals surface area contributed by atoms with Gasteiger partial charge in [-0.05, 0) is 67.6 Å². The number of nitrogens with one attached hydrogen (secondary N) is 1. The molecule has 0 bridgehead atoms. The smallest absolute Gasteiger partial charge is 0.257 e. The molecule has 2 amide bonds. The zero-order valence-corrected chi connectivity index (χ0v) is 21.7. The molecule has 202 valence electrons. The van der Waals surface area contributed by atoms with Crippen LogP contribution in [0, 0.1) is 18.6 Å². The fourth-order valence-corrected chi connectivity index (χ4v) is 3.64. The molecule has 38 heavy (non-hydrogen) atoms. The van der Waals surface area contributed by atoms with Crippen molar-refractivity contribution in [1.82, 2.24) is 20.1 Å². The number of halogens is 2. The van der Waals surface area contributed by atoms with Crippen molar-refractivity contribution >= 4 is 11.8 Å². The lowest BCUT2D eigenvalue weighted by Crippen LogP contribution is -2.50. The van der Waals surface area contributed by atoms with Gasteiger partial charge in [-0.2, -0.15) is 0 Å². The minimum Gasteiger partial charge on any atom is -0.438 e. The van der Waals surface area contributed by atoms with Crippen molar-refractivity contribution in [1.29, 1.82) is 0 Å². The maximum Gasteiger partial charge on any atom is 0.257 e. The third-order valence-electron chi connectivity index (χ3n) is 5.84. The summed E-state index contributed by atoms with van der Waals surface area (Å²) in [4.78, 5) is 32.9. The van der Waals surface area contributed by atoms with Gasteiger partial charge in [-0.15, -0.1) is 0 Å². The molecule has 0 unspecified atom stereocenters. The molecule has 0 atom stereocenters. The monoisotopic (exact) mass is 526 g/mol. The van der Waals surface area contributed by atoms with Crippen molar-refractivity contribution in [3.05, 3.63) is 89.1 Å². The highest BCUT2D eigenvalue weighted by Gasteiger charge is 2.21. The minimum absolute atomic E-state index is 0.0908. The third-order valence-corrected chi connectivity index (χ3v) is 5.84. The molecule has 10 heteroatoms. The number of aromatic nitrogens is 1. The first kappa shape index (κ1) is 28.7. The van der Waals surface area contributed by atoms with E-state index in [1.165, 1.54) is 36.5 Å². The number of piperazine rings is 1. The normalized spacial score (nSPS) is 13.3. The summed E-state index contributed by atoms with van der Waals surface area (Å²) in [5.41, 5.74) is 1.78. The standard InChI is InChI=1S/C20H23FN4O3.C8H9FO/c1-14-12-15(21)5-6-17(14)28-20-16(4-3-7-22-20)19(27)23-13-18(26)25-10-8-24(2)9-11-25;1-10-6-7-2-4-8(9)5-3-7/h3-7,12H,8-11,13H2,1-2H3,(H,23,27);2-5H,6H2,1H3. The van der Waals surface area contributed by atoms with Gasteiger partial charge in [0.2, 0.25) is 11.8 Å². The molecule has 1 fully saturated rings. The van der Waals surface area contributed by atoms with Gasteiger partial charge in [0.15, 0.2) is 0 Å². The number of carbonyl (C=O) groups excluding carboxylic acids is 2. The van der Waals surface area contributed by atoms with Gasteiger partial charge in [0, 0.05) is 39.5 Å². The van der Waals surface area contributed by atoms with E-state index in [0.717, 1.165) is 18.7 Å². The Balaban J connectivity index is 0.000000336. The maximum atomic E-state index is 13.3. The highest BCUT2D eigenvalue weighted by Crippen LogP contribution is 2.26. The van der Waals surface area contributed by atoms with Crippen LogP contribution in [0.3, 0.4) is 0 Å². The Kier molecular flexibility index (Phi) is 10.7. The molecule has 3 aromatic rings. The van der Waals surface area contributed by atoms with Crippen LogP contribution in [0.2, 0.25) is 0 Å². The van der Waals surface area contributed by atoms with Crippen molar-refractivity contribution in [3.8, 4) is 11.6 Å². The van der Waals surface area contributed by atoms with Crippen molar-refractivity contribution < 1.29 is 27.8 Å². The SMILES string of the molecule is COCc1ccc(F)cc1.Cc1cc(F)ccc1Oc1ncccc1C(=O)NCC(=O)N1CCN(C)CC1. The summed E-state index contributed by atoms with van der Waals surface area (Å²) in [5.74, 6) is -0.650. The molecule has 4 rings (SSSR count). The molecule has 1 aliphatic rings. The van der Waals surface area contributed by atoms with E-state index in [1.54, 1.807) is 43.2 Å². The lowest BCUT2D eigenvalue weighted by Gasteiger charge is -2.32. The second-order valence-electron chi connectivity index (χ2n) is 8.79. The molecule has 0 radical (unpaired) electrons. The topological polar surface area (TPSA) is 84.0 Å². The summed E-state index contributed by atoms with van der Waals surface area (Å²) in [7, 11) is 3.62. The summed E-state index contributed by atoms with van der Waals surface area (Å²) in [6.07, 6.45) is 1.50. The van der Waals surface area contributed by atoms with E-state index in [-0.39, 0.29) is 35.5 Å². The zero-order chi connectivity index (χ0) is 27.5. The molecule has 0 aliphatic carbocycles. The molecule has 0 saturated carbocycles. The Morgan fingerprint density at radius 3 is 2.34 bits per heavy atom. The van der Waals surface area contributed by atoms with Crippen LogP contribution in [-0.2, 0) is 16.1 Å². The van der Waals surface area contributed by atoms with Gasteiger partial charge in [0.1, 0.15) is 22.9 Å². The van der Waals surface area contributed by atoms with Crippen LogP contribution in [0.25, 0.3) is 0 Å². The Bertz CT molecular complexity index is 1220. The predicted molar refractivity (Wildman–Crippen MR) is 139 cm³/mol. The van der Waals surface area contributed by atoms with Crippen molar-refractivity contribution in [3.63, 3.8) is 0 Å².